The number of imidazole rings is 1. The molecule has 4 aromatic heterocycles. The number of oxazole rings is 2. The van der Waals surface area contributed by atoms with Gasteiger partial charge < -0.3 is 18.7 Å². The highest BCUT2D eigenvalue weighted by molar-refractivity contribution is 5.93. The molecule has 0 bridgehead atoms. The van der Waals surface area contributed by atoms with Crippen molar-refractivity contribution in [3.8, 4) is 11.6 Å². The molecular formula is C22H18FN7O3. The molecule has 0 spiro atoms. The number of nitrogens with one attached hydrogen (secondary N) is 1. The Morgan fingerprint density at radius 3 is 2.94 bits per heavy atom. The maximum absolute atomic E-state index is 13.7. The lowest BCUT2D eigenvalue weighted by molar-refractivity contribution is 0.0635. The molecule has 1 amide bonds. The first-order chi connectivity index (χ1) is 16.0. The third-order valence-electron chi connectivity index (χ3n) is 5.71. The largest absolute Gasteiger partial charge is 0.438 e. The first kappa shape index (κ1) is 19.4. The Morgan fingerprint density at radius 1 is 1.24 bits per heavy atom. The number of aromatic amines is 1. The summed E-state index contributed by atoms with van der Waals surface area (Å²) in [5.74, 6) is -0.156. The van der Waals surface area contributed by atoms with Crippen LogP contribution in [0.25, 0.3) is 22.7 Å². The molecule has 0 radical (unpaired) electrons. The first-order valence-electron chi connectivity index (χ1n) is 10.3. The SMILES string of the molecule is Cc1nc(-c2ccn(C)n2)oc1C(=O)N1CCc2[nH]cnc2[C@H]1c1nc2cc(F)ccc2o1. The van der Waals surface area contributed by atoms with Gasteiger partial charge in [0.15, 0.2) is 11.6 Å². The minimum absolute atomic E-state index is 0.113. The maximum atomic E-state index is 13.7. The average molecular weight is 447 g/mol. The van der Waals surface area contributed by atoms with E-state index < -0.39 is 11.9 Å². The smallest absolute Gasteiger partial charge is 0.292 e. The molecule has 166 valence electrons. The number of halogens is 1. The van der Waals surface area contributed by atoms with Gasteiger partial charge in [-0.2, -0.15) is 5.10 Å². The van der Waals surface area contributed by atoms with E-state index in [1.54, 1.807) is 42.1 Å². The van der Waals surface area contributed by atoms with Crippen LogP contribution in [0.1, 0.15) is 39.6 Å². The molecular weight excluding hydrogens is 429 g/mol. The first-order valence-corrected chi connectivity index (χ1v) is 10.3. The fourth-order valence-electron chi connectivity index (χ4n) is 4.14. The van der Waals surface area contributed by atoms with E-state index in [0.29, 0.717) is 41.1 Å². The predicted octanol–water partition coefficient (Wildman–Crippen LogP) is 3.17. The number of benzene rings is 1. The predicted molar refractivity (Wildman–Crippen MR) is 113 cm³/mol. The van der Waals surface area contributed by atoms with Crippen LogP contribution in [0.3, 0.4) is 0 Å². The van der Waals surface area contributed by atoms with Gasteiger partial charge in [-0.3, -0.25) is 9.48 Å². The summed E-state index contributed by atoms with van der Waals surface area (Å²) in [7, 11) is 1.79. The molecule has 0 fully saturated rings. The van der Waals surface area contributed by atoms with Gasteiger partial charge >= 0.3 is 0 Å². The van der Waals surface area contributed by atoms with E-state index in [4.69, 9.17) is 8.83 Å². The van der Waals surface area contributed by atoms with Gasteiger partial charge in [0.25, 0.3) is 5.91 Å². The second kappa shape index (κ2) is 7.12. The number of fused-ring (bicyclic) bond motifs is 2. The Hall–Kier alpha value is -4.28. The van der Waals surface area contributed by atoms with Gasteiger partial charge in [-0.15, -0.1) is 0 Å². The Balaban J connectivity index is 1.43. The van der Waals surface area contributed by atoms with E-state index in [9.17, 15) is 9.18 Å². The summed E-state index contributed by atoms with van der Waals surface area (Å²) in [6.45, 7) is 2.09. The summed E-state index contributed by atoms with van der Waals surface area (Å²) in [5, 5.41) is 4.29. The third-order valence-corrected chi connectivity index (χ3v) is 5.71. The summed E-state index contributed by atoms with van der Waals surface area (Å²) < 4.78 is 27.1. The van der Waals surface area contributed by atoms with Crippen molar-refractivity contribution in [2.45, 2.75) is 19.4 Å². The topological polar surface area (TPSA) is 119 Å². The lowest BCUT2D eigenvalue weighted by atomic mass is 10.0. The molecule has 11 heteroatoms. The van der Waals surface area contributed by atoms with Crippen molar-refractivity contribution < 1.29 is 18.0 Å². The molecule has 0 unspecified atom stereocenters. The molecule has 1 atom stereocenters. The van der Waals surface area contributed by atoms with Gasteiger partial charge in [0.05, 0.1) is 17.7 Å². The highest BCUT2D eigenvalue weighted by atomic mass is 19.1. The monoisotopic (exact) mass is 447 g/mol. The number of aromatic nitrogens is 6. The molecule has 5 heterocycles. The van der Waals surface area contributed by atoms with E-state index in [-0.39, 0.29) is 23.4 Å². The minimum atomic E-state index is -0.703. The van der Waals surface area contributed by atoms with Crippen LogP contribution in [0.4, 0.5) is 4.39 Å². The lowest BCUT2D eigenvalue weighted by Crippen LogP contribution is -2.41. The lowest BCUT2D eigenvalue weighted by Gasteiger charge is -2.32. The van der Waals surface area contributed by atoms with Crippen LogP contribution in [0.15, 0.2) is 45.6 Å². The Kier molecular flexibility index (Phi) is 4.19. The Morgan fingerprint density at radius 2 is 2.12 bits per heavy atom. The van der Waals surface area contributed by atoms with Crippen molar-refractivity contribution >= 4 is 17.0 Å². The van der Waals surface area contributed by atoms with Gasteiger partial charge in [-0.1, -0.05) is 0 Å². The van der Waals surface area contributed by atoms with Crippen molar-refractivity contribution in [3.05, 3.63) is 71.3 Å². The fourth-order valence-corrected chi connectivity index (χ4v) is 4.14. The van der Waals surface area contributed by atoms with Crippen LogP contribution in [-0.2, 0) is 13.5 Å². The van der Waals surface area contributed by atoms with E-state index in [1.165, 1.54) is 18.2 Å². The highest BCUT2D eigenvalue weighted by Gasteiger charge is 2.39. The second-order valence-corrected chi connectivity index (χ2v) is 7.89. The summed E-state index contributed by atoms with van der Waals surface area (Å²) in [4.78, 5) is 31.7. The van der Waals surface area contributed by atoms with Crippen LogP contribution in [0, 0.1) is 12.7 Å². The Bertz CT molecular complexity index is 1510. The van der Waals surface area contributed by atoms with Crippen LogP contribution in [0.2, 0.25) is 0 Å². The number of aryl methyl sites for hydroxylation is 2. The molecule has 1 aliphatic rings. The minimum Gasteiger partial charge on any atom is -0.438 e. The summed E-state index contributed by atoms with van der Waals surface area (Å²) >= 11 is 0. The van der Waals surface area contributed by atoms with E-state index in [1.807, 2.05) is 0 Å². The van der Waals surface area contributed by atoms with Gasteiger partial charge in [0.2, 0.25) is 17.5 Å². The van der Waals surface area contributed by atoms with Crippen LogP contribution in [-0.4, -0.2) is 47.1 Å². The number of amides is 1. The molecule has 6 rings (SSSR count). The molecule has 0 saturated heterocycles. The number of nitrogens with zero attached hydrogens (tertiary/aromatic N) is 6. The molecule has 1 aliphatic heterocycles. The number of hydrogen-bond acceptors (Lipinski definition) is 7. The number of carbonyl (C=O) groups is 1. The van der Waals surface area contributed by atoms with Crippen molar-refractivity contribution in [1.82, 2.24) is 34.6 Å². The van der Waals surface area contributed by atoms with Crippen molar-refractivity contribution in [2.24, 2.45) is 7.05 Å². The van der Waals surface area contributed by atoms with Gasteiger partial charge in [0, 0.05) is 38.0 Å². The molecule has 33 heavy (non-hydrogen) atoms. The van der Waals surface area contributed by atoms with Crippen LogP contribution in [0.5, 0.6) is 0 Å². The zero-order valence-electron chi connectivity index (χ0n) is 17.7. The molecule has 1 aromatic carbocycles. The fraction of sp³-hybridized carbons (Fsp3) is 0.227. The number of hydrogen-bond donors (Lipinski definition) is 1. The second-order valence-electron chi connectivity index (χ2n) is 7.89. The molecule has 0 aliphatic carbocycles. The number of H-pyrrole nitrogens is 1. The summed E-state index contributed by atoms with van der Waals surface area (Å²) in [6, 6.07) is 5.17. The standard InChI is InChI=1S/C22H18FN7O3/c1-11-19(33-20(26-11)14-5-7-29(2)28-14)22(31)30-8-6-13-17(25-10-24-13)18(30)21-27-15-9-12(23)3-4-16(15)32-21/h3-5,7,9-10,18H,6,8H2,1-2H3,(H,24,25)/t18-/m0/s1. The van der Waals surface area contributed by atoms with Crippen LogP contribution < -0.4 is 0 Å². The van der Waals surface area contributed by atoms with Crippen molar-refractivity contribution in [1.29, 1.82) is 0 Å². The van der Waals surface area contributed by atoms with Crippen LogP contribution >= 0.6 is 0 Å². The quantitative estimate of drug-likeness (QED) is 0.451. The van der Waals surface area contributed by atoms with E-state index in [0.717, 1.165) is 5.69 Å². The normalized spacial score (nSPS) is 15.8. The third kappa shape index (κ3) is 3.12. The van der Waals surface area contributed by atoms with Gasteiger partial charge in [0.1, 0.15) is 17.0 Å². The summed E-state index contributed by atoms with van der Waals surface area (Å²) in [5.41, 5.74) is 3.30. The zero-order valence-corrected chi connectivity index (χ0v) is 17.7. The molecule has 10 nitrogen and oxygen atoms in total. The Labute approximate surface area is 186 Å². The summed E-state index contributed by atoms with van der Waals surface area (Å²) in [6.07, 6.45) is 3.92. The maximum Gasteiger partial charge on any atom is 0.292 e. The average Bonchev–Trinajstić information content (AvgIpc) is 3.57. The van der Waals surface area contributed by atoms with Gasteiger partial charge in [-0.25, -0.2) is 19.3 Å². The molecule has 0 saturated carbocycles. The van der Waals surface area contributed by atoms with E-state index in [2.05, 4.69) is 25.0 Å². The van der Waals surface area contributed by atoms with E-state index >= 15 is 0 Å². The zero-order chi connectivity index (χ0) is 22.7. The number of carbonyl (C=O) groups excluding carboxylic acids is 1. The number of rotatable bonds is 3. The molecule has 1 N–H and O–H groups in total. The van der Waals surface area contributed by atoms with Gasteiger partial charge in [-0.05, 0) is 25.1 Å². The van der Waals surface area contributed by atoms with Crippen molar-refractivity contribution in [2.75, 3.05) is 6.54 Å². The highest BCUT2D eigenvalue weighted by Crippen LogP contribution is 2.36. The molecule has 5 aromatic rings. The van der Waals surface area contributed by atoms with Crippen molar-refractivity contribution in [3.63, 3.8) is 0 Å².